The normalized spacial score (nSPS) is 14.4. The lowest BCUT2D eigenvalue weighted by atomic mass is 10.0. The fourth-order valence-corrected chi connectivity index (χ4v) is 6.73. The van der Waals surface area contributed by atoms with Gasteiger partial charge < -0.3 is 5.32 Å². The highest BCUT2D eigenvalue weighted by atomic mass is 79.9. The molecule has 0 saturated carbocycles. The molecular weight excluding hydrogens is 634 g/mol. The van der Waals surface area contributed by atoms with Gasteiger partial charge in [-0.05, 0) is 77.3 Å². The lowest BCUT2D eigenvalue weighted by Crippen LogP contribution is -2.46. The maximum Gasteiger partial charge on any atom is 0.261 e. The molecule has 1 N–H and O–H groups in total. The Morgan fingerprint density at radius 1 is 1.07 bits per heavy atom. The van der Waals surface area contributed by atoms with Crippen LogP contribution in [0.25, 0.3) is 11.3 Å². The van der Waals surface area contributed by atoms with E-state index in [9.17, 15) is 23.2 Å². The van der Waals surface area contributed by atoms with E-state index >= 15 is 0 Å². The summed E-state index contributed by atoms with van der Waals surface area (Å²) in [5, 5.41) is 7.36. The number of imide groups is 1. The Labute approximate surface area is 253 Å². The highest BCUT2D eigenvalue weighted by Crippen LogP contribution is 2.38. The summed E-state index contributed by atoms with van der Waals surface area (Å²) in [6.45, 7) is 0.654. The van der Waals surface area contributed by atoms with E-state index in [0.29, 0.717) is 21.6 Å². The van der Waals surface area contributed by atoms with Crippen LogP contribution < -0.4 is 5.32 Å². The molecule has 0 fully saturated rings. The van der Waals surface area contributed by atoms with Crippen molar-refractivity contribution in [3.63, 3.8) is 0 Å². The molecule has 4 aromatic rings. The van der Waals surface area contributed by atoms with Gasteiger partial charge in [0.2, 0.25) is 0 Å². The van der Waals surface area contributed by atoms with Crippen LogP contribution in [0, 0.1) is 11.6 Å². The molecular formula is C29H25BrF2N4O3S2. The first kappa shape index (κ1) is 29.2. The van der Waals surface area contributed by atoms with E-state index in [2.05, 4.69) is 39.0 Å². The van der Waals surface area contributed by atoms with Crippen molar-refractivity contribution in [2.45, 2.75) is 31.8 Å². The zero-order chi connectivity index (χ0) is 29.3. The number of thiophene rings is 1. The molecule has 0 bridgehead atoms. The highest BCUT2D eigenvalue weighted by Gasteiger charge is 2.37. The number of rotatable bonds is 6. The minimum atomic E-state index is -1.01. The summed E-state index contributed by atoms with van der Waals surface area (Å²) in [6.07, 6.45) is 5.20. The molecule has 0 radical (unpaired) electrons. The molecule has 2 aliphatic heterocycles. The highest BCUT2D eigenvalue weighted by molar-refractivity contribution is 9.10. The summed E-state index contributed by atoms with van der Waals surface area (Å²) in [7, 11) is 0. The van der Waals surface area contributed by atoms with Crippen molar-refractivity contribution in [3.05, 3.63) is 97.3 Å². The van der Waals surface area contributed by atoms with Crippen molar-refractivity contribution in [3.8, 4) is 11.3 Å². The monoisotopic (exact) mass is 658 g/mol. The molecule has 212 valence electrons. The molecule has 6 rings (SSSR count). The van der Waals surface area contributed by atoms with E-state index < -0.39 is 29.5 Å². The van der Waals surface area contributed by atoms with E-state index in [-0.39, 0.29) is 18.9 Å². The molecule has 1 unspecified atom stereocenters. The van der Waals surface area contributed by atoms with Crippen molar-refractivity contribution in [2.75, 3.05) is 12.8 Å². The zero-order valence-electron chi connectivity index (χ0n) is 21.9. The number of nitrogens with one attached hydrogen (secondary N) is 1. The summed E-state index contributed by atoms with van der Waals surface area (Å²) in [5.41, 5.74) is 2.87. The molecule has 2 aromatic carbocycles. The second-order valence-corrected chi connectivity index (χ2v) is 11.5. The van der Waals surface area contributed by atoms with Gasteiger partial charge in [0.1, 0.15) is 0 Å². The van der Waals surface area contributed by atoms with Crippen molar-refractivity contribution < 1.29 is 23.2 Å². The predicted molar refractivity (Wildman–Crippen MR) is 160 cm³/mol. The standard InChI is InChI=1S/C28H21BrF2N4O3S.CH4S/c29-20-13-32-35-9-3-6-23-19(25(20)35)12-24(39-23)26(36)33-16(10-15-7-8-21(30)22(31)11-15)14-34-27(37)17-4-1-2-5-18(17)28(34)38;1-2/h1-2,4-5,7-8,11-13,16H,3,6,9-10,14H2,(H,33,36);2H,1H3. The number of aryl methyl sites for hydroxylation is 2. The Morgan fingerprint density at radius 2 is 1.78 bits per heavy atom. The van der Waals surface area contributed by atoms with E-state index in [1.165, 1.54) is 17.4 Å². The van der Waals surface area contributed by atoms with E-state index in [1.807, 2.05) is 10.7 Å². The molecule has 0 spiro atoms. The number of halogens is 3. The van der Waals surface area contributed by atoms with Crippen LogP contribution in [-0.4, -0.2) is 51.2 Å². The number of amides is 3. The van der Waals surface area contributed by atoms with Crippen molar-refractivity contribution in [1.29, 1.82) is 0 Å². The molecule has 7 nitrogen and oxygen atoms in total. The van der Waals surface area contributed by atoms with E-state index in [1.54, 1.807) is 36.7 Å². The topological polar surface area (TPSA) is 84.3 Å². The van der Waals surface area contributed by atoms with Gasteiger partial charge in [0, 0.05) is 23.5 Å². The van der Waals surface area contributed by atoms with Gasteiger partial charge in [-0.1, -0.05) is 18.2 Å². The van der Waals surface area contributed by atoms with Gasteiger partial charge >= 0.3 is 0 Å². The lowest BCUT2D eigenvalue weighted by molar-refractivity contribution is 0.0629. The predicted octanol–water partition coefficient (Wildman–Crippen LogP) is 5.78. The summed E-state index contributed by atoms with van der Waals surface area (Å²) in [4.78, 5) is 42.2. The fraction of sp³-hybridized carbons (Fsp3) is 0.241. The average molecular weight is 660 g/mol. The summed E-state index contributed by atoms with van der Waals surface area (Å²) >= 11 is 8.47. The average Bonchev–Trinajstić information content (AvgIpc) is 3.59. The molecule has 1 atom stereocenters. The number of carbonyl (C=O) groups excluding carboxylic acids is 3. The van der Waals surface area contributed by atoms with Crippen LogP contribution in [-0.2, 0) is 19.4 Å². The summed E-state index contributed by atoms with van der Waals surface area (Å²) in [5.74, 6) is -3.28. The van der Waals surface area contributed by atoms with Gasteiger partial charge in [-0.3, -0.25) is 24.0 Å². The number of hydrogen-bond acceptors (Lipinski definition) is 6. The van der Waals surface area contributed by atoms with Gasteiger partial charge in [0.25, 0.3) is 17.7 Å². The number of fused-ring (bicyclic) bond motifs is 4. The molecule has 4 heterocycles. The maximum atomic E-state index is 14.0. The Kier molecular flexibility index (Phi) is 8.71. The Bertz CT molecular complexity index is 1620. The van der Waals surface area contributed by atoms with Crippen LogP contribution in [0.4, 0.5) is 8.78 Å². The third kappa shape index (κ3) is 5.73. The van der Waals surface area contributed by atoms with Crippen LogP contribution >= 0.6 is 39.9 Å². The number of benzene rings is 2. The third-order valence-corrected chi connectivity index (χ3v) is 8.71. The largest absolute Gasteiger partial charge is 0.346 e. The molecule has 12 heteroatoms. The third-order valence-electron chi connectivity index (χ3n) is 6.94. The van der Waals surface area contributed by atoms with Gasteiger partial charge in [0.15, 0.2) is 11.6 Å². The molecule has 2 aromatic heterocycles. The van der Waals surface area contributed by atoms with Crippen LogP contribution in [0.15, 0.2) is 59.2 Å². The van der Waals surface area contributed by atoms with E-state index in [0.717, 1.165) is 57.0 Å². The number of nitrogens with zero attached hydrogens (tertiary/aromatic N) is 3. The second-order valence-electron chi connectivity index (χ2n) is 9.50. The van der Waals surface area contributed by atoms with Crippen molar-refractivity contribution >= 4 is 57.6 Å². The van der Waals surface area contributed by atoms with Crippen molar-refractivity contribution in [2.24, 2.45) is 0 Å². The Morgan fingerprint density at radius 3 is 2.46 bits per heavy atom. The number of thiol groups is 1. The van der Waals surface area contributed by atoms with Gasteiger partial charge in [-0.15, -0.1) is 11.3 Å². The summed E-state index contributed by atoms with van der Waals surface area (Å²) < 4.78 is 30.3. The Hall–Kier alpha value is -3.35. The minimum absolute atomic E-state index is 0.0831. The lowest BCUT2D eigenvalue weighted by Gasteiger charge is -2.24. The summed E-state index contributed by atoms with van der Waals surface area (Å²) in [6, 6.07) is 11.1. The van der Waals surface area contributed by atoms with Crippen LogP contribution in [0.2, 0.25) is 0 Å². The number of hydrogen-bond donors (Lipinski definition) is 2. The number of aromatic nitrogens is 2. The first-order valence-corrected chi connectivity index (χ1v) is 15.3. The molecule has 0 aliphatic carbocycles. The first-order valence-electron chi connectivity index (χ1n) is 12.8. The Balaban J connectivity index is 0.00000165. The van der Waals surface area contributed by atoms with Gasteiger partial charge in [0.05, 0.1) is 38.4 Å². The first-order chi connectivity index (χ1) is 19.8. The maximum absolute atomic E-state index is 14.0. The van der Waals surface area contributed by atoms with Crippen LogP contribution in [0.3, 0.4) is 0 Å². The van der Waals surface area contributed by atoms with Crippen LogP contribution in [0.1, 0.15) is 47.2 Å². The minimum Gasteiger partial charge on any atom is -0.346 e. The molecule has 3 amide bonds. The van der Waals surface area contributed by atoms with Crippen molar-refractivity contribution in [1.82, 2.24) is 20.0 Å². The smallest absolute Gasteiger partial charge is 0.261 e. The molecule has 0 saturated heterocycles. The molecule has 2 aliphatic rings. The number of carbonyl (C=O) groups is 3. The SMILES string of the molecule is CS.O=C(NC(Cc1ccc(F)c(F)c1)CN1C(=O)c2ccccc2C1=O)c1cc2c(s1)CCCn1ncc(Br)c1-2. The van der Waals surface area contributed by atoms with Crippen LogP contribution in [0.5, 0.6) is 0 Å². The van der Waals surface area contributed by atoms with Gasteiger partial charge in [-0.2, -0.15) is 17.7 Å². The second kappa shape index (κ2) is 12.3. The molecule has 41 heavy (non-hydrogen) atoms. The fourth-order valence-electron chi connectivity index (χ4n) is 5.11. The quantitative estimate of drug-likeness (QED) is 0.203. The zero-order valence-corrected chi connectivity index (χ0v) is 25.2. The van der Waals surface area contributed by atoms with Gasteiger partial charge in [-0.25, -0.2) is 8.78 Å². The van der Waals surface area contributed by atoms with E-state index in [4.69, 9.17) is 0 Å².